The molecule has 1 aliphatic heterocycles. The quantitative estimate of drug-likeness (QED) is 0.829. The number of nitrogens with two attached hydrogens (primary N) is 1. The molecule has 2 N–H and O–H groups in total. The summed E-state index contributed by atoms with van der Waals surface area (Å²) in [5, 5.41) is 3.91. The van der Waals surface area contributed by atoms with Crippen molar-refractivity contribution in [1.29, 1.82) is 0 Å². The lowest BCUT2D eigenvalue weighted by molar-refractivity contribution is -0.159. The number of esters is 1. The summed E-state index contributed by atoms with van der Waals surface area (Å²) >= 11 is 0. The maximum atomic E-state index is 12.2. The summed E-state index contributed by atoms with van der Waals surface area (Å²) < 4.78 is 6.58. The molecule has 0 aromatic carbocycles. The number of likely N-dealkylation sites (tertiary alicyclic amines) is 1. The number of carbonyl (C=O) groups excluding carboxylic acids is 2. The van der Waals surface area contributed by atoms with Crippen LogP contribution in [0.15, 0.2) is 12.4 Å². The topological polar surface area (TPSA) is 90.5 Å². The van der Waals surface area contributed by atoms with Crippen LogP contribution in [0.25, 0.3) is 0 Å². The van der Waals surface area contributed by atoms with Crippen molar-refractivity contribution in [2.45, 2.75) is 45.3 Å². The Morgan fingerprint density at radius 3 is 2.57 bits per heavy atom. The molecule has 0 bridgehead atoms. The molecule has 7 heteroatoms. The first-order valence-electron chi connectivity index (χ1n) is 7.32. The number of anilines is 1. The van der Waals surface area contributed by atoms with Gasteiger partial charge in [0.15, 0.2) is 6.10 Å². The minimum atomic E-state index is -0.761. The molecule has 21 heavy (non-hydrogen) atoms. The normalized spacial score (nSPS) is 17.1. The number of aromatic nitrogens is 2. The molecule has 1 aromatic heterocycles. The van der Waals surface area contributed by atoms with Crippen LogP contribution < -0.4 is 5.73 Å². The van der Waals surface area contributed by atoms with E-state index in [1.807, 2.05) is 0 Å². The lowest BCUT2D eigenvalue weighted by Gasteiger charge is -2.23. The van der Waals surface area contributed by atoms with E-state index in [1.165, 1.54) is 10.9 Å². The third-order valence-electron chi connectivity index (χ3n) is 3.52. The highest BCUT2D eigenvalue weighted by Crippen LogP contribution is 2.12. The number of nitrogens with zero attached hydrogens (tertiary/aromatic N) is 3. The Balaban J connectivity index is 1.83. The van der Waals surface area contributed by atoms with Crippen molar-refractivity contribution in [2.75, 3.05) is 18.8 Å². The van der Waals surface area contributed by atoms with E-state index in [2.05, 4.69) is 5.10 Å². The van der Waals surface area contributed by atoms with E-state index in [0.717, 1.165) is 38.8 Å². The molecular formula is C14H22N4O3. The second-order valence-corrected chi connectivity index (χ2v) is 5.34. The van der Waals surface area contributed by atoms with Crippen molar-refractivity contribution >= 4 is 17.6 Å². The van der Waals surface area contributed by atoms with Crippen LogP contribution in [-0.4, -0.2) is 45.8 Å². The van der Waals surface area contributed by atoms with E-state index < -0.39 is 12.1 Å². The van der Waals surface area contributed by atoms with E-state index in [9.17, 15) is 9.59 Å². The van der Waals surface area contributed by atoms with Gasteiger partial charge in [0.2, 0.25) is 0 Å². The fourth-order valence-electron chi connectivity index (χ4n) is 2.43. The molecule has 1 amide bonds. The molecule has 1 fully saturated rings. The molecule has 0 saturated carbocycles. The standard InChI is InChI=1S/C14H22N4O3/c1-11(14(20)17-6-4-2-3-5-7-17)21-13(19)10-18-9-12(15)8-16-18/h8-9,11H,2-7,10,15H2,1H3. The Kier molecular flexibility index (Phi) is 5.19. The molecule has 7 nitrogen and oxygen atoms in total. The fraction of sp³-hybridized carbons (Fsp3) is 0.643. The average molecular weight is 294 g/mol. The van der Waals surface area contributed by atoms with Gasteiger partial charge < -0.3 is 15.4 Å². The number of hydrogen-bond donors (Lipinski definition) is 1. The van der Waals surface area contributed by atoms with Crippen LogP contribution in [0.4, 0.5) is 5.69 Å². The van der Waals surface area contributed by atoms with Gasteiger partial charge in [0, 0.05) is 19.3 Å². The summed E-state index contributed by atoms with van der Waals surface area (Å²) in [7, 11) is 0. The lowest BCUT2D eigenvalue weighted by Crippen LogP contribution is -2.40. The predicted molar refractivity (Wildman–Crippen MR) is 77.2 cm³/mol. The molecule has 2 rings (SSSR count). The molecule has 116 valence electrons. The van der Waals surface area contributed by atoms with E-state index in [4.69, 9.17) is 10.5 Å². The molecule has 1 aromatic rings. The number of ether oxygens (including phenoxy) is 1. The van der Waals surface area contributed by atoms with E-state index in [-0.39, 0.29) is 12.5 Å². The maximum absolute atomic E-state index is 12.2. The summed E-state index contributed by atoms with van der Waals surface area (Å²) in [5.74, 6) is -0.612. The second kappa shape index (κ2) is 7.10. The third-order valence-corrected chi connectivity index (χ3v) is 3.52. The van der Waals surface area contributed by atoms with Crippen molar-refractivity contribution in [3.8, 4) is 0 Å². The molecule has 2 heterocycles. The fourth-order valence-corrected chi connectivity index (χ4v) is 2.43. The Morgan fingerprint density at radius 1 is 1.33 bits per heavy atom. The molecule has 0 aliphatic carbocycles. The molecular weight excluding hydrogens is 272 g/mol. The van der Waals surface area contributed by atoms with Gasteiger partial charge >= 0.3 is 5.97 Å². The molecule has 0 radical (unpaired) electrons. The predicted octanol–water partition coefficient (Wildman–Crippen LogP) is 0.800. The zero-order chi connectivity index (χ0) is 15.2. The van der Waals surface area contributed by atoms with Crippen LogP contribution in [0.5, 0.6) is 0 Å². The molecule has 1 atom stereocenters. The third kappa shape index (κ3) is 4.47. The van der Waals surface area contributed by atoms with Crippen LogP contribution in [0.2, 0.25) is 0 Å². The Labute approximate surface area is 124 Å². The van der Waals surface area contributed by atoms with Gasteiger partial charge in [0.05, 0.1) is 11.9 Å². The highest BCUT2D eigenvalue weighted by molar-refractivity contribution is 5.83. The van der Waals surface area contributed by atoms with E-state index >= 15 is 0 Å². The van der Waals surface area contributed by atoms with Crippen LogP contribution in [0.1, 0.15) is 32.6 Å². The summed E-state index contributed by atoms with van der Waals surface area (Å²) in [6.45, 7) is 3.06. The SMILES string of the molecule is CC(OC(=O)Cn1cc(N)cn1)C(=O)N1CCCCCC1. The number of rotatable bonds is 4. The minimum Gasteiger partial charge on any atom is -0.451 e. The van der Waals surface area contributed by atoms with Gasteiger partial charge in [-0.3, -0.25) is 14.3 Å². The molecule has 0 spiro atoms. The molecule has 1 saturated heterocycles. The van der Waals surface area contributed by atoms with Crippen molar-refractivity contribution in [3.63, 3.8) is 0 Å². The van der Waals surface area contributed by atoms with Crippen molar-refractivity contribution in [2.24, 2.45) is 0 Å². The first-order chi connectivity index (χ1) is 10.1. The van der Waals surface area contributed by atoms with Gasteiger partial charge in [0.1, 0.15) is 6.54 Å². The van der Waals surface area contributed by atoms with Gasteiger partial charge in [-0.2, -0.15) is 5.10 Å². The number of hydrogen-bond acceptors (Lipinski definition) is 5. The van der Waals surface area contributed by atoms with Crippen molar-refractivity contribution in [1.82, 2.24) is 14.7 Å². The maximum Gasteiger partial charge on any atom is 0.328 e. The first kappa shape index (κ1) is 15.3. The monoisotopic (exact) mass is 294 g/mol. The van der Waals surface area contributed by atoms with E-state index in [1.54, 1.807) is 18.0 Å². The zero-order valence-electron chi connectivity index (χ0n) is 12.3. The van der Waals surface area contributed by atoms with Gasteiger partial charge in [-0.1, -0.05) is 12.8 Å². The zero-order valence-corrected chi connectivity index (χ0v) is 12.3. The first-order valence-corrected chi connectivity index (χ1v) is 7.32. The number of amides is 1. The highest BCUT2D eigenvalue weighted by Gasteiger charge is 2.24. The van der Waals surface area contributed by atoms with Crippen molar-refractivity contribution < 1.29 is 14.3 Å². The minimum absolute atomic E-state index is 0.0468. The van der Waals surface area contributed by atoms with E-state index in [0.29, 0.717) is 5.69 Å². The van der Waals surface area contributed by atoms with Gasteiger partial charge in [-0.15, -0.1) is 0 Å². The lowest BCUT2D eigenvalue weighted by atomic mass is 10.2. The summed E-state index contributed by atoms with van der Waals surface area (Å²) in [4.78, 5) is 25.8. The highest BCUT2D eigenvalue weighted by atomic mass is 16.5. The smallest absolute Gasteiger partial charge is 0.328 e. The Hall–Kier alpha value is -2.05. The van der Waals surface area contributed by atoms with Crippen LogP contribution in [0, 0.1) is 0 Å². The van der Waals surface area contributed by atoms with Gasteiger partial charge in [0.25, 0.3) is 5.91 Å². The number of nitrogen functional groups attached to an aromatic ring is 1. The Morgan fingerprint density at radius 2 is 2.00 bits per heavy atom. The second-order valence-electron chi connectivity index (χ2n) is 5.34. The molecule has 1 aliphatic rings. The summed E-state index contributed by atoms with van der Waals surface area (Å²) in [5.41, 5.74) is 6.00. The van der Waals surface area contributed by atoms with Crippen molar-refractivity contribution in [3.05, 3.63) is 12.4 Å². The van der Waals surface area contributed by atoms with Crippen LogP contribution in [0.3, 0.4) is 0 Å². The number of carbonyl (C=O) groups is 2. The largest absolute Gasteiger partial charge is 0.451 e. The average Bonchev–Trinajstić information content (AvgIpc) is 2.69. The van der Waals surface area contributed by atoms with Gasteiger partial charge in [-0.05, 0) is 19.8 Å². The summed E-state index contributed by atoms with van der Waals surface area (Å²) in [6.07, 6.45) is 6.57. The Bertz CT molecular complexity index is 492. The van der Waals surface area contributed by atoms with Crippen LogP contribution >= 0.6 is 0 Å². The van der Waals surface area contributed by atoms with Gasteiger partial charge in [-0.25, -0.2) is 0 Å². The summed E-state index contributed by atoms with van der Waals surface area (Å²) in [6, 6.07) is 0. The molecule has 1 unspecified atom stereocenters. The van der Waals surface area contributed by atoms with Crippen LogP contribution in [-0.2, 0) is 20.9 Å².